The van der Waals surface area contributed by atoms with E-state index in [9.17, 15) is 32.7 Å². The van der Waals surface area contributed by atoms with Crippen LogP contribution < -0.4 is 15.4 Å². The van der Waals surface area contributed by atoms with Gasteiger partial charge in [-0.25, -0.2) is 9.59 Å². The Kier molecular flexibility index (Phi) is 8.75. The van der Waals surface area contributed by atoms with Crippen molar-refractivity contribution < 1.29 is 42.1 Å². The maximum atomic E-state index is 13.0. The molecule has 3 rings (SSSR count). The van der Waals surface area contributed by atoms with Crippen molar-refractivity contribution in [3.63, 3.8) is 0 Å². The van der Waals surface area contributed by atoms with Crippen molar-refractivity contribution in [2.24, 2.45) is 0 Å². The van der Waals surface area contributed by atoms with Crippen LogP contribution in [-0.2, 0) is 15.7 Å². The molecule has 194 valence electrons. The van der Waals surface area contributed by atoms with E-state index < -0.39 is 41.8 Å². The van der Waals surface area contributed by atoms with Crippen LogP contribution >= 0.6 is 0 Å². The number of esters is 1. The van der Waals surface area contributed by atoms with Crippen molar-refractivity contribution in [2.75, 3.05) is 32.1 Å². The first-order valence-corrected chi connectivity index (χ1v) is 11.1. The van der Waals surface area contributed by atoms with Crippen molar-refractivity contribution >= 4 is 23.6 Å². The number of amides is 3. The second kappa shape index (κ2) is 11.8. The summed E-state index contributed by atoms with van der Waals surface area (Å²) in [5, 5.41) is 15.6. The van der Waals surface area contributed by atoms with Gasteiger partial charge in [0, 0.05) is 24.3 Å². The van der Waals surface area contributed by atoms with Crippen LogP contribution in [0.5, 0.6) is 5.75 Å². The van der Waals surface area contributed by atoms with Crippen molar-refractivity contribution in [3.05, 3.63) is 59.7 Å². The predicted molar refractivity (Wildman–Crippen MR) is 122 cm³/mol. The number of alkyl halides is 3. The number of rotatable bonds is 6. The molecule has 2 aromatic rings. The van der Waals surface area contributed by atoms with E-state index in [1.807, 2.05) is 0 Å². The van der Waals surface area contributed by atoms with Gasteiger partial charge in [-0.2, -0.15) is 13.2 Å². The molecule has 0 radical (unpaired) electrons. The SMILES string of the molecule is COC(=O)COc1ccc(C(=O)NC2CN(C(=O)Nc3cccc(C(F)(F)F)c3)CCCC2O)cc1. The van der Waals surface area contributed by atoms with E-state index in [0.717, 1.165) is 12.1 Å². The number of anilines is 1. The third kappa shape index (κ3) is 7.35. The summed E-state index contributed by atoms with van der Waals surface area (Å²) >= 11 is 0. The third-order valence-corrected chi connectivity index (χ3v) is 5.56. The van der Waals surface area contributed by atoms with Gasteiger partial charge in [0.2, 0.25) is 0 Å². The molecular formula is C24H26F3N3O6. The highest BCUT2D eigenvalue weighted by Crippen LogP contribution is 2.30. The number of aliphatic hydroxyl groups is 1. The molecule has 0 aromatic heterocycles. The van der Waals surface area contributed by atoms with E-state index in [4.69, 9.17) is 4.74 Å². The normalized spacial score (nSPS) is 18.1. The van der Waals surface area contributed by atoms with Crippen LogP contribution in [0.25, 0.3) is 0 Å². The van der Waals surface area contributed by atoms with Gasteiger partial charge in [0.15, 0.2) is 6.61 Å². The van der Waals surface area contributed by atoms with Gasteiger partial charge in [-0.05, 0) is 55.3 Å². The van der Waals surface area contributed by atoms with E-state index in [-0.39, 0.29) is 30.9 Å². The summed E-state index contributed by atoms with van der Waals surface area (Å²) in [6, 6.07) is 8.77. The molecule has 2 atom stereocenters. The van der Waals surface area contributed by atoms with E-state index in [1.165, 1.54) is 48.4 Å². The Morgan fingerprint density at radius 3 is 2.53 bits per heavy atom. The number of hydrogen-bond donors (Lipinski definition) is 3. The largest absolute Gasteiger partial charge is 0.482 e. The first kappa shape index (κ1) is 26.8. The lowest BCUT2D eigenvalue weighted by atomic mass is 10.1. The molecule has 36 heavy (non-hydrogen) atoms. The van der Waals surface area contributed by atoms with Gasteiger partial charge < -0.3 is 30.1 Å². The molecule has 2 aromatic carbocycles. The first-order valence-electron chi connectivity index (χ1n) is 11.1. The summed E-state index contributed by atoms with van der Waals surface area (Å²) in [4.78, 5) is 38.0. The Balaban J connectivity index is 1.62. The molecule has 1 aliphatic rings. The molecular weight excluding hydrogens is 483 g/mol. The highest BCUT2D eigenvalue weighted by atomic mass is 19.4. The number of carbonyl (C=O) groups is 3. The molecule has 1 saturated heterocycles. The molecule has 3 amide bonds. The molecule has 9 nitrogen and oxygen atoms in total. The lowest BCUT2D eigenvalue weighted by molar-refractivity contribution is -0.143. The minimum absolute atomic E-state index is 0.0188. The topological polar surface area (TPSA) is 117 Å². The van der Waals surface area contributed by atoms with Crippen LogP contribution in [0.1, 0.15) is 28.8 Å². The van der Waals surface area contributed by atoms with Gasteiger partial charge >= 0.3 is 18.2 Å². The molecule has 2 unspecified atom stereocenters. The van der Waals surface area contributed by atoms with E-state index in [2.05, 4.69) is 15.4 Å². The molecule has 1 heterocycles. The fourth-order valence-electron chi connectivity index (χ4n) is 3.60. The van der Waals surface area contributed by atoms with Crippen LogP contribution in [0, 0.1) is 0 Å². The number of benzene rings is 2. The van der Waals surface area contributed by atoms with Crippen LogP contribution in [-0.4, -0.2) is 66.9 Å². The second-order valence-corrected chi connectivity index (χ2v) is 8.13. The first-order chi connectivity index (χ1) is 17.1. The van der Waals surface area contributed by atoms with E-state index in [0.29, 0.717) is 18.6 Å². The van der Waals surface area contributed by atoms with Crippen molar-refractivity contribution in [3.8, 4) is 5.75 Å². The summed E-state index contributed by atoms with van der Waals surface area (Å²) in [7, 11) is 1.23. The van der Waals surface area contributed by atoms with Gasteiger partial charge in [-0.1, -0.05) is 6.07 Å². The number of hydrogen-bond acceptors (Lipinski definition) is 6. The number of nitrogens with zero attached hydrogens (tertiary/aromatic N) is 1. The number of methoxy groups -OCH3 is 1. The smallest absolute Gasteiger partial charge is 0.416 e. The third-order valence-electron chi connectivity index (χ3n) is 5.56. The standard InChI is InChI=1S/C24H26F3N3O6/c1-35-21(32)14-36-18-9-7-15(8-10-18)22(33)29-19-13-30(11-3-6-20(19)31)23(34)28-17-5-2-4-16(12-17)24(25,26)27/h2,4-5,7-10,12,19-20,31H,3,6,11,13-14H2,1H3,(H,28,34)(H,29,33). The summed E-state index contributed by atoms with van der Waals surface area (Å²) in [6.45, 7) is -0.0762. The second-order valence-electron chi connectivity index (χ2n) is 8.13. The number of nitrogens with one attached hydrogen (secondary N) is 2. The Labute approximate surface area is 205 Å². The number of likely N-dealkylation sites (tertiary alicyclic amines) is 1. The number of aliphatic hydroxyl groups excluding tert-OH is 1. The zero-order valence-corrected chi connectivity index (χ0v) is 19.4. The number of ether oxygens (including phenoxy) is 2. The predicted octanol–water partition coefficient (Wildman–Crippen LogP) is 3.04. The molecule has 0 aliphatic carbocycles. The van der Waals surface area contributed by atoms with Gasteiger partial charge in [0.25, 0.3) is 5.91 Å². The van der Waals surface area contributed by atoms with Gasteiger partial charge in [-0.15, -0.1) is 0 Å². The van der Waals surface area contributed by atoms with Gasteiger partial charge in [0.05, 0.1) is 24.8 Å². The summed E-state index contributed by atoms with van der Waals surface area (Å²) in [5.41, 5.74) is -0.648. The molecule has 0 bridgehead atoms. The molecule has 12 heteroatoms. The highest BCUT2D eigenvalue weighted by Gasteiger charge is 2.32. The Bertz CT molecular complexity index is 1080. The zero-order chi connectivity index (χ0) is 26.3. The number of halogens is 3. The lowest BCUT2D eigenvalue weighted by Gasteiger charge is -2.27. The molecule has 3 N–H and O–H groups in total. The van der Waals surface area contributed by atoms with Crippen molar-refractivity contribution in [2.45, 2.75) is 31.2 Å². The highest BCUT2D eigenvalue weighted by molar-refractivity contribution is 5.94. The summed E-state index contributed by atoms with van der Waals surface area (Å²) in [5.74, 6) is -0.705. The molecule has 0 saturated carbocycles. The average Bonchev–Trinajstić information content (AvgIpc) is 3.03. The molecule has 1 aliphatic heterocycles. The quantitative estimate of drug-likeness (QED) is 0.516. The number of urea groups is 1. The maximum Gasteiger partial charge on any atom is 0.416 e. The Morgan fingerprint density at radius 1 is 1.14 bits per heavy atom. The Morgan fingerprint density at radius 2 is 1.86 bits per heavy atom. The van der Waals surface area contributed by atoms with Crippen molar-refractivity contribution in [1.82, 2.24) is 10.2 Å². The average molecular weight is 509 g/mol. The van der Waals surface area contributed by atoms with Gasteiger partial charge in [-0.3, -0.25) is 4.79 Å². The van der Waals surface area contributed by atoms with E-state index in [1.54, 1.807) is 0 Å². The summed E-state index contributed by atoms with van der Waals surface area (Å²) in [6.07, 6.45) is -4.72. The van der Waals surface area contributed by atoms with Crippen LogP contribution in [0.4, 0.5) is 23.7 Å². The lowest BCUT2D eigenvalue weighted by Crippen LogP contribution is -2.50. The fourth-order valence-corrected chi connectivity index (χ4v) is 3.60. The maximum absolute atomic E-state index is 13.0. The van der Waals surface area contributed by atoms with Crippen LogP contribution in [0.15, 0.2) is 48.5 Å². The number of carbonyl (C=O) groups excluding carboxylic acids is 3. The Hall–Kier alpha value is -3.80. The monoisotopic (exact) mass is 509 g/mol. The summed E-state index contributed by atoms with van der Waals surface area (Å²) < 4.78 is 48.6. The minimum Gasteiger partial charge on any atom is -0.482 e. The van der Waals surface area contributed by atoms with Crippen molar-refractivity contribution in [1.29, 1.82) is 0 Å². The zero-order valence-electron chi connectivity index (χ0n) is 19.4. The molecule has 0 spiro atoms. The van der Waals surface area contributed by atoms with E-state index >= 15 is 0 Å². The van der Waals surface area contributed by atoms with Gasteiger partial charge in [0.1, 0.15) is 5.75 Å². The van der Waals surface area contributed by atoms with Crippen LogP contribution in [0.3, 0.4) is 0 Å². The molecule has 1 fully saturated rings. The van der Waals surface area contributed by atoms with Crippen LogP contribution in [0.2, 0.25) is 0 Å². The fraction of sp³-hybridized carbons (Fsp3) is 0.375. The minimum atomic E-state index is -4.55.